The Balaban J connectivity index is 1.40. The lowest BCUT2D eigenvalue weighted by Gasteiger charge is -2.26. The zero-order valence-corrected chi connectivity index (χ0v) is 16.6. The molecule has 0 atom stereocenters. The molecule has 4 rings (SSSR count). The highest BCUT2D eigenvalue weighted by Crippen LogP contribution is 2.42. The molecule has 2 aliphatic carbocycles. The third-order valence-corrected chi connectivity index (χ3v) is 5.36. The lowest BCUT2D eigenvalue weighted by Crippen LogP contribution is -2.44. The van der Waals surface area contributed by atoms with Crippen LogP contribution >= 0.6 is 0 Å². The van der Waals surface area contributed by atoms with Crippen LogP contribution < -0.4 is 10.1 Å². The Bertz CT molecular complexity index is 830. The van der Waals surface area contributed by atoms with Gasteiger partial charge in [0.1, 0.15) is 11.4 Å². The van der Waals surface area contributed by atoms with Gasteiger partial charge in [-0.2, -0.15) is 0 Å². The van der Waals surface area contributed by atoms with E-state index in [0.717, 1.165) is 31.4 Å². The molecule has 0 spiro atoms. The number of hydrogen-bond acceptors (Lipinski definition) is 5. The number of aromatic nitrogens is 3. The Labute approximate surface area is 166 Å². The molecule has 6 nitrogen and oxygen atoms in total. The van der Waals surface area contributed by atoms with Crippen LogP contribution in [0.4, 0.5) is 0 Å². The zero-order chi connectivity index (χ0) is 19.6. The highest BCUT2D eigenvalue weighted by molar-refractivity contribution is 5.92. The van der Waals surface area contributed by atoms with Gasteiger partial charge in [0, 0.05) is 23.9 Å². The van der Waals surface area contributed by atoms with Crippen molar-refractivity contribution in [1.82, 2.24) is 20.3 Å². The van der Waals surface area contributed by atoms with Crippen LogP contribution in [0.25, 0.3) is 0 Å². The fourth-order valence-corrected chi connectivity index (χ4v) is 3.16. The molecule has 148 valence electrons. The molecule has 0 bridgehead atoms. The van der Waals surface area contributed by atoms with E-state index in [0.29, 0.717) is 30.0 Å². The third-order valence-electron chi connectivity index (χ3n) is 5.36. The number of amides is 1. The van der Waals surface area contributed by atoms with Crippen molar-refractivity contribution in [2.45, 2.75) is 63.8 Å². The quantitative estimate of drug-likeness (QED) is 0.718. The second-order valence-electron chi connectivity index (χ2n) is 8.67. The molecular weight excluding hydrogens is 352 g/mol. The smallest absolute Gasteiger partial charge is 0.272 e. The topological polar surface area (TPSA) is 77.0 Å². The van der Waals surface area contributed by atoms with Gasteiger partial charge in [-0.05, 0) is 76.0 Å². The summed E-state index contributed by atoms with van der Waals surface area (Å²) in [7, 11) is 0. The first kappa shape index (κ1) is 18.8. The summed E-state index contributed by atoms with van der Waals surface area (Å²) in [6.07, 6.45) is 11.6. The normalized spacial score (nSPS) is 16.6. The number of nitrogens with zero attached hydrogens (tertiary/aromatic N) is 3. The van der Waals surface area contributed by atoms with Crippen molar-refractivity contribution in [2.75, 3.05) is 6.61 Å². The summed E-state index contributed by atoms with van der Waals surface area (Å²) in [6.45, 7) is 4.74. The summed E-state index contributed by atoms with van der Waals surface area (Å²) in [5.74, 6) is 1.43. The summed E-state index contributed by atoms with van der Waals surface area (Å²) >= 11 is 0. The second kappa shape index (κ2) is 7.86. The van der Waals surface area contributed by atoms with Gasteiger partial charge in [0.25, 0.3) is 5.91 Å². The average molecular weight is 380 g/mol. The lowest BCUT2D eigenvalue weighted by molar-refractivity contribution is 0.0902. The molecule has 6 heteroatoms. The Kier molecular flexibility index (Phi) is 5.29. The van der Waals surface area contributed by atoms with Gasteiger partial charge >= 0.3 is 0 Å². The maximum absolute atomic E-state index is 12.8. The van der Waals surface area contributed by atoms with Crippen molar-refractivity contribution in [2.24, 2.45) is 5.92 Å². The average Bonchev–Trinajstić information content (AvgIpc) is 3.59. The fourth-order valence-electron chi connectivity index (χ4n) is 3.16. The van der Waals surface area contributed by atoms with Crippen LogP contribution in [0.2, 0.25) is 0 Å². The Hall–Kier alpha value is -2.50. The highest BCUT2D eigenvalue weighted by Gasteiger charge is 2.32. The number of carbonyl (C=O) groups excluding carboxylic acids is 1. The number of hydrogen-bond donors (Lipinski definition) is 1. The largest absolute Gasteiger partial charge is 0.476 e. The second-order valence-corrected chi connectivity index (χ2v) is 8.67. The van der Waals surface area contributed by atoms with E-state index in [1.54, 1.807) is 18.6 Å². The van der Waals surface area contributed by atoms with Gasteiger partial charge in [-0.15, -0.1) is 0 Å². The van der Waals surface area contributed by atoms with E-state index in [4.69, 9.17) is 4.74 Å². The Morgan fingerprint density at radius 2 is 1.96 bits per heavy atom. The van der Waals surface area contributed by atoms with Crippen molar-refractivity contribution in [1.29, 1.82) is 0 Å². The molecule has 1 amide bonds. The molecule has 0 unspecified atom stereocenters. The molecule has 2 aliphatic rings. The monoisotopic (exact) mass is 380 g/mol. The third kappa shape index (κ3) is 5.06. The van der Waals surface area contributed by atoms with Gasteiger partial charge in [-0.25, -0.2) is 4.98 Å². The summed E-state index contributed by atoms with van der Waals surface area (Å²) in [5, 5.41) is 3.10. The molecule has 2 saturated carbocycles. The van der Waals surface area contributed by atoms with E-state index in [1.165, 1.54) is 18.4 Å². The molecular formula is C22H28N4O2. The van der Waals surface area contributed by atoms with Crippen LogP contribution in [-0.2, 0) is 6.42 Å². The van der Waals surface area contributed by atoms with Crippen molar-refractivity contribution < 1.29 is 9.53 Å². The van der Waals surface area contributed by atoms with Gasteiger partial charge in [0.2, 0.25) is 5.88 Å². The molecule has 2 heterocycles. The maximum atomic E-state index is 12.8. The first-order valence-corrected chi connectivity index (χ1v) is 10.2. The van der Waals surface area contributed by atoms with E-state index < -0.39 is 0 Å². The van der Waals surface area contributed by atoms with Crippen LogP contribution in [0, 0.1) is 5.92 Å². The van der Waals surface area contributed by atoms with Crippen molar-refractivity contribution >= 4 is 5.91 Å². The molecule has 2 fully saturated rings. The Morgan fingerprint density at radius 1 is 1.21 bits per heavy atom. The predicted octanol–water partition coefficient (Wildman–Crippen LogP) is 3.68. The molecule has 1 N–H and O–H groups in total. The molecule has 0 aliphatic heterocycles. The minimum atomic E-state index is -0.355. The van der Waals surface area contributed by atoms with Crippen LogP contribution in [0.1, 0.15) is 73.6 Å². The first-order valence-electron chi connectivity index (χ1n) is 10.2. The highest BCUT2D eigenvalue weighted by atomic mass is 16.5. The van der Waals surface area contributed by atoms with E-state index in [9.17, 15) is 4.79 Å². The number of pyridine rings is 1. The number of ether oxygens (including phenoxy) is 1. The van der Waals surface area contributed by atoms with E-state index in [-0.39, 0.29) is 11.4 Å². The van der Waals surface area contributed by atoms with E-state index in [2.05, 4.69) is 20.3 Å². The van der Waals surface area contributed by atoms with Gasteiger partial charge in [0.15, 0.2) is 0 Å². The fraction of sp³-hybridized carbons (Fsp3) is 0.545. The summed E-state index contributed by atoms with van der Waals surface area (Å²) in [5.41, 5.74) is 2.09. The summed E-state index contributed by atoms with van der Waals surface area (Å²) in [6, 6.07) is 4.01. The standard InChI is InChI=1S/C22H28N4O2/c1-22(2,10-7-15-8-11-23-12-9-15)26-20(27)18-13-24-19(17-5-6-17)21(25-18)28-14-16-3-4-16/h8-9,11-13,16-17H,3-7,10,14H2,1-2H3,(H,26,27). The van der Waals surface area contributed by atoms with Crippen molar-refractivity contribution in [3.8, 4) is 5.88 Å². The minimum Gasteiger partial charge on any atom is -0.476 e. The predicted molar refractivity (Wildman–Crippen MR) is 106 cm³/mol. The molecule has 0 aromatic carbocycles. The molecule has 28 heavy (non-hydrogen) atoms. The van der Waals surface area contributed by atoms with Crippen LogP contribution in [0.5, 0.6) is 5.88 Å². The zero-order valence-electron chi connectivity index (χ0n) is 16.6. The van der Waals surface area contributed by atoms with Crippen LogP contribution in [0.3, 0.4) is 0 Å². The van der Waals surface area contributed by atoms with Crippen molar-refractivity contribution in [3.05, 3.63) is 47.7 Å². The van der Waals surface area contributed by atoms with Crippen LogP contribution in [-0.4, -0.2) is 33.0 Å². The molecule has 0 radical (unpaired) electrons. The number of nitrogens with one attached hydrogen (secondary N) is 1. The summed E-state index contributed by atoms with van der Waals surface area (Å²) in [4.78, 5) is 25.9. The Morgan fingerprint density at radius 3 is 2.64 bits per heavy atom. The maximum Gasteiger partial charge on any atom is 0.272 e. The SMILES string of the molecule is CC(C)(CCc1ccncc1)NC(=O)c1cnc(C2CC2)c(OCC2CC2)n1. The van der Waals surface area contributed by atoms with Gasteiger partial charge in [-0.3, -0.25) is 14.8 Å². The van der Waals surface area contributed by atoms with Gasteiger partial charge in [0.05, 0.1) is 12.8 Å². The molecule has 2 aromatic heterocycles. The lowest BCUT2D eigenvalue weighted by atomic mass is 9.95. The minimum absolute atomic E-state index is 0.203. The summed E-state index contributed by atoms with van der Waals surface area (Å²) < 4.78 is 5.93. The van der Waals surface area contributed by atoms with E-state index in [1.807, 2.05) is 26.0 Å². The van der Waals surface area contributed by atoms with Gasteiger partial charge in [-0.1, -0.05) is 0 Å². The van der Waals surface area contributed by atoms with Gasteiger partial charge < -0.3 is 10.1 Å². The van der Waals surface area contributed by atoms with E-state index >= 15 is 0 Å². The number of rotatable bonds is 9. The molecule has 2 aromatic rings. The first-order chi connectivity index (χ1) is 13.5. The van der Waals surface area contributed by atoms with Crippen LogP contribution in [0.15, 0.2) is 30.7 Å². The number of aryl methyl sites for hydroxylation is 1. The van der Waals surface area contributed by atoms with Crippen molar-refractivity contribution in [3.63, 3.8) is 0 Å². The molecule has 0 saturated heterocycles. The number of carbonyl (C=O) groups is 1.